The Kier molecular flexibility index (Phi) is 2.91. The Morgan fingerprint density at radius 3 is 2.62 bits per heavy atom. The average Bonchev–Trinajstić information content (AvgIpc) is 2.33. The normalized spacial score (nSPS) is 9.81. The SMILES string of the molecule is N=Cc1cccnc1Nc1ccc(F)cc1. The molecule has 16 heavy (non-hydrogen) atoms. The topological polar surface area (TPSA) is 48.8 Å². The molecule has 4 heteroatoms. The summed E-state index contributed by atoms with van der Waals surface area (Å²) in [5.74, 6) is 0.308. The van der Waals surface area contributed by atoms with E-state index in [4.69, 9.17) is 5.41 Å². The largest absolute Gasteiger partial charge is 0.340 e. The molecule has 0 aliphatic rings. The molecule has 0 fully saturated rings. The first kappa shape index (κ1) is 10.3. The number of anilines is 2. The van der Waals surface area contributed by atoms with Gasteiger partial charge < -0.3 is 10.7 Å². The molecule has 0 unspecified atom stereocenters. The van der Waals surface area contributed by atoms with Crippen molar-refractivity contribution in [3.63, 3.8) is 0 Å². The molecular weight excluding hydrogens is 205 g/mol. The first-order valence-electron chi connectivity index (χ1n) is 4.77. The Morgan fingerprint density at radius 1 is 1.19 bits per heavy atom. The van der Waals surface area contributed by atoms with E-state index in [2.05, 4.69) is 10.3 Å². The van der Waals surface area contributed by atoms with Gasteiger partial charge in [0.15, 0.2) is 0 Å². The van der Waals surface area contributed by atoms with Crippen molar-refractivity contribution in [1.82, 2.24) is 4.98 Å². The van der Waals surface area contributed by atoms with Crippen LogP contribution >= 0.6 is 0 Å². The van der Waals surface area contributed by atoms with Gasteiger partial charge in [-0.05, 0) is 36.4 Å². The molecule has 0 spiro atoms. The van der Waals surface area contributed by atoms with Crippen molar-refractivity contribution in [2.75, 3.05) is 5.32 Å². The lowest BCUT2D eigenvalue weighted by Crippen LogP contribution is -1.97. The third-order valence-corrected chi connectivity index (χ3v) is 2.10. The van der Waals surface area contributed by atoms with E-state index in [1.54, 1.807) is 30.5 Å². The van der Waals surface area contributed by atoms with Crippen LogP contribution in [0.5, 0.6) is 0 Å². The Bertz CT molecular complexity index is 494. The zero-order valence-electron chi connectivity index (χ0n) is 8.44. The van der Waals surface area contributed by atoms with E-state index in [0.717, 1.165) is 5.69 Å². The minimum Gasteiger partial charge on any atom is -0.340 e. The second-order valence-electron chi connectivity index (χ2n) is 3.22. The van der Waals surface area contributed by atoms with Crippen LogP contribution in [0.25, 0.3) is 0 Å². The van der Waals surface area contributed by atoms with Crippen LogP contribution in [0.4, 0.5) is 15.9 Å². The van der Waals surface area contributed by atoms with E-state index in [9.17, 15) is 4.39 Å². The molecule has 0 aliphatic heterocycles. The van der Waals surface area contributed by atoms with Gasteiger partial charge in [-0.2, -0.15) is 0 Å². The van der Waals surface area contributed by atoms with Gasteiger partial charge in [-0.25, -0.2) is 9.37 Å². The molecule has 0 radical (unpaired) electrons. The fourth-order valence-corrected chi connectivity index (χ4v) is 1.31. The molecule has 0 saturated carbocycles. The molecule has 1 aromatic heterocycles. The lowest BCUT2D eigenvalue weighted by Gasteiger charge is -2.07. The quantitative estimate of drug-likeness (QED) is 0.773. The molecule has 80 valence electrons. The maximum absolute atomic E-state index is 12.7. The number of rotatable bonds is 3. The van der Waals surface area contributed by atoms with Crippen LogP contribution in [0.1, 0.15) is 5.56 Å². The Hall–Kier alpha value is -2.23. The van der Waals surface area contributed by atoms with E-state index >= 15 is 0 Å². The van der Waals surface area contributed by atoms with Crippen LogP contribution in [0, 0.1) is 11.2 Å². The maximum Gasteiger partial charge on any atom is 0.139 e. The Labute approximate surface area is 92.5 Å². The summed E-state index contributed by atoms with van der Waals surface area (Å²) in [7, 11) is 0. The van der Waals surface area contributed by atoms with Gasteiger partial charge in [0.1, 0.15) is 11.6 Å². The van der Waals surface area contributed by atoms with Gasteiger partial charge in [0.05, 0.1) is 0 Å². The van der Waals surface area contributed by atoms with Gasteiger partial charge in [-0.1, -0.05) is 0 Å². The second kappa shape index (κ2) is 4.53. The predicted molar refractivity (Wildman–Crippen MR) is 61.8 cm³/mol. The van der Waals surface area contributed by atoms with Gasteiger partial charge in [0, 0.05) is 23.7 Å². The van der Waals surface area contributed by atoms with Crippen molar-refractivity contribution >= 4 is 17.7 Å². The first-order chi connectivity index (χ1) is 7.79. The summed E-state index contributed by atoms with van der Waals surface area (Å²) in [5.41, 5.74) is 1.43. The number of hydrogen-bond donors (Lipinski definition) is 2. The number of nitrogens with zero attached hydrogens (tertiary/aromatic N) is 1. The van der Waals surface area contributed by atoms with E-state index in [-0.39, 0.29) is 5.82 Å². The van der Waals surface area contributed by atoms with E-state index in [1.165, 1.54) is 18.3 Å². The minimum absolute atomic E-state index is 0.279. The van der Waals surface area contributed by atoms with Crippen molar-refractivity contribution in [1.29, 1.82) is 5.41 Å². The van der Waals surface area contributed by atoms with Crippen molar-refractivity contribution in [2.24, 2.45) is 0 Å². The molecule has 0 aliphatic carbocycles. The molecule has 0 bridgehead atoms. The van der Waals surface area contributed by atoms with Crippen molar-refractivity contribution in [2.45, 2.75) is 0 Å². The van der Waals surface area contributed by atoms with Gasteiger partial charge in [-0.3, -0.25) is 0 Å². The summed E-state index contributed by atoms with van der Waals surface area (Å²) < 4.78 is 12.7. The molecule has 3 nitrogen and oxygen atoms in total. The third-order valence-electron chi connectivity index (χ3n) is 2.10. The average molecular weight is 215 g/mol. The number of halogens is 1. The molecule has 1 aromatic carbocycles. The highest BCUT2D eigenvalue weighted by molar-refractivity contribution is 5.85. The summed E-state index contributed by atoms with van der Waals surface area (Å²) in [6.45, 7) is 0. The van der Waals surface area contributed by atoms with Crippen molar-refractivity contribution in [3.8, 4) is 0 Å². The van der Waals surface area contributed by atoms with Crippen LogP contribution in [0.2, 0.25) is 0 Å². The van der Waals surface area contributed by atoms with Crippen molar-refractivity contribution in [3.05, 3.63) is 54.0 Å². The highest BCUT2D eigenvalue weighted by atomic mass is 19.1. The Balaban J connectivity index is 2.26. The number of nitrogens with one attached hydrogen (secondary N) is 2. The zero-order valence-corrected chi connectivity index (χ0v) is 8.44. The highest BCUT2D eigenvalue weighted by Gasteiger charge is 2.00. The zero-order chi connectivity index (χ0) is 11.4. The second-order valence-corrected chi connectivity index (χ2v) is 3.22. The van der Waals surface area contributed by atoms with Crippen LogP contribution in [-0.4, -0.2) is 11.2 Å². The van der Waals surface area contributed by atoms with Crippen LogP contribution in [0.15, 0.2) is 42.6 Å². The monoisotopic (exact) mass is 215 g/mol. The number of hydrogen-bond acceptors (Lipinski definition) is 3. The Morgan fingerprint density at radius 2 is 1.94 bits per heavy atom. The third kappa shape index (κ3) is 2.23. The molecule has 2 N–H and O–H groups in total. The molecule has 2 aromatic rings. The number of pyridine rings is 1. The molecule has 1 heterocycles. The van der Waals surface area contributed by atoms with Crippen LogP contribution in [0.3, 0.4) is 0 Å². The smallest absolute Gasteiger partial charge is 0.139 e. The highest BCUT2D eigenvalue weighted by Crippen LogP contribution is 2.17. The van der Waals surface area contributed by atoms with Gasteiger partial charge in [0.25, 0.3) is 0 Å². The molecule has 0 amide bonds. The minimum atomic E-state index is -0.279. The first-order valence-corrected chi connectivity index (χ1v) is 4.77. The van der Waals surface area contributed by atoms with Gasteiger partial charge in [-0.15, -0.1) is 0 Å². The van der Waals surface area contributed by atoms with E-state index < -0.39 is 0 Å². The molecule has 0 atom stereocenters. The predicted octanol–water partition coefficient (Wildman–Crippen LogP) is 2.96. The van der Waals surface area contributed by atoms with Gasteiger partial charge >= 0.3 is 0 Å². The number of aromatic nitrogens is 1. The summed E-state index contributed by atoms with van der Waals surface area (Å²) >= 11 is 0. The van der Waals surface area contributed by atoms with E-state index in [1.807, 2.05) is 0 Å². The van der Waals surface area contributed by atoms with Gasteiger partial charge in [0.2, 0.25) is 0 Å². The summed E-state index contributed by atoms with van der Waals surface area (Å²) in [6.07, 6.45) is 2.86. The van der Waals surface area contributed by atoms with Crippen molar-refractivity contribution < 1.29 is 4.39 Å². The lowest BCUT2D eigenvalue weighted by atomic mass is 10.2. The number of benzene rings is 1. The summed E-state index contributed by atoms with van der Waals surface area (Å²) in [4.78, 5) is 4.11. The fourth-order valence-electron chi connectivity index (χ4n) is 1.31. The molecule has 2 rings (SSSR count). The summed E-state index contributed by atoms with van der Waals surface area (Å²) in [6, 6.07) is 9.53. The fraction of sp³-hybridized carbons (Fsp3) is 0. The van der Waals surface area contributed by atoms with Crippen LogP contribution < -0.4 is 5.32 Å². The molecular formula is C12H10FN3. The van der Waals surface area contributed by atoms with Crippen LogP contribution in [-0.2, 0) is 0 Å². The standard InChI is InChI=1S/C12H10FN3/c13-10-3-5-11(6-4-10)16-12-9(8-14)2-1-7-15-12/h1-8,14H,(H,15,16). The lowest BCUT2D eigenvalue weighted by molar-refractivity contribution is 0.628. The van der Waals surface area contributed by atoms with E-state index in [0.29, 0.717) is 11.4 Å². The summed E-state index contributed by atoms with van der Waals surface area (Å²) in [5, 5.41) is 10.2. The maximum atomic E-state index is 12.7. The molecule has 0 saturated heterocycles.